The monoisotopic (exact) mass is 493 g/mol. The van der Waals surface area contributed by atoms with Crippen LogP contribution in [0.5, 0.6) is 0 Å². The van der Waals surface area contributed by atoms with Crippen molar-refractivity contribution >= 4 is 21.8 Å². The molecule has 0 radical (unpaired) electrons. The largest absolute Gasteiger partial charge is 0.358 e. The van der Waals surface area contributed by atoms with E-state index in [0.717, 1.165) is 64.2 Å². The highest BCUT2D eigenvalue weighted by atomic mass is 32.2. The standard InChI is InChI=1S/C29H39N3O2S/c1-32(2)29(23-10-4-3-5-11-23)20-14-22(15-21-29)27-25(24-12-6-7-13-26(24)30-27)16-19-28(31-35(33)34)17-8-9-18-28/h3-7,10-13,22,30,35H,8-9,14-21H2,1-2H3,(H,31,33,34). The van der Waals surface area contributed by atoms with Gasteiger partial charge in [-0.2, -0.15) is 0 Å². The average Bonchev–Trinajstić information content (AvgIpc) is 3.47. The molecule has 0 saturated heterocycles. The summed E-state index contributed by atoms with van der Waals surface area (Å²) in [6.45, 7) is 0. The Bertz CT molecular complexity index is 1210. The Kier molecular flexibility index (Phi) is 7.06. The molecule has 2 saturated carbocycles. The van der Waals surface area contributed by atoms with Gasteiger partial charge in [0, 0.05) is 27.7 Å². The number of nitrogens with zero attached hydrogens (tertiary/aromatic N) is 1. The van der Waals surface area contributed by atoms with Gasteiger partial charge < -0.3 is 4.98 Å². The van der Waals surface area contributed by atoms with E-state index in [4.69, 9.17) is 0 Å². The summed E-state index contributed by atoms with van der Waals surface area (Å²) in [6.07, 6.45) is 10.4. The highest BCUT2D eigenvalue weighted by Crippen LogP contribution is 2.47. The third-order valence-corrected chi connectivity index (χ3v) is 9.63. The quantitative estimate of drug-likeness (QED) is 0.356. The van der Waals surface area contributed by atoms with Gasteiger partial charge in [0.15, 0.2) is 0 Å². The summed E-state index contributed by atoms with van der Waals surface area (Å²) in [4.78, 5) is 6.23. The molecule has 2 aromatic carbocycles. The number of hydrogen-bond acceptors (Lipinski definition) is 3. The van der Waals surface area contributed by atoms with Crippen LogP contribution >= 0.6 is 0 Å². The van der Waals surface area contributed by atoms with Crippen molar-refractivity contribution in [1.29, 1.82) is 0 Å². The third kappa shape index (κ3) is 4.81. The minimum absolute atomic E-state index is 0.0845. The number of para-hydroxylation sites is 1. The van der Waals surface area contributed by atoms with Crippen LogP contribution in [0.4, 0.5) is 0 Å². The van der Waals surface area contributed by atoms with Gasteiger partial charge in [-0.25, -0.2) is 13.1 Å². The van der Waals surface area contributed by atoms with Crippen molar-refractivity contribution in [2.24, 2.45) is 0 Å². The molecule has 188 valence electrons. The summed E-state index contributed by atoms with van der Waals surface area (Å²) < 4.78 is 26.1. The SMILES string of the molecule is CN(C)C1(c2ccccc2)CCC(c2[nH]c3ccccc3c2CCC2(N[SH](=O)=O)CCCC2)CC1. The van der Waals surface area contributed by atoms with Gasteiger partial charge in [0.1, 0.15) is 0 Å². The first-order valence-corrected chi connectivity index (χ1v) is 14.3. The number of fused-ring (bicyclic) bond motifs is 1. The predicted octanol–water partition coefficient (Wildman–Crippen LogP) is 5.64. The lowest BCUT2D eigenvalue weighted by atomic mass is 9.70. The second-order valence-electron chi connectivity index (χ2n) is 11.0. The number of aromatic amines is 1. The smallest absolute Gasteiger partial charge is 0.201 e. The summed E-state index contributed by atoms with van der Waals surface area (Å²) in [5.41, 5.74) is 5.21. The topological polar surface area (TPSA) is 65.2 Å². The maximum atomic E-state index is 11.6. The van der Waals surface area contributed by atoms with Gasteiger partial charge in [-0.1, -0.05) is 61.4 Å². The Balaban J connectivity index is 1.42. The van der Waals surface area contributed by atoms with E-state index in [1.54, 1.807) is 0 Å². The molecule has 0 unspecified atom stereocenters. The molecule has 35 heavy (non-hydrogen) atoms. The zero-order chi connectivity index (χ0) is 24.5. The van der Waals surface area contributed by atoms with Crippen LogP contribution in [-0.4, -0.2) is 37.9 Å². The van der Waals surface area contributed by atoms with Crippen molar-refractivity contribution in [3.8, 4) is 0 Å². The van der Waals surface area contributed by atoms with Gasteiger partial charge in [-0.3, -0.25) is 4.90 Å². The molecule has 2 aliphatic rings. The highest BCUT2D eigenvalue weighted by molar-refractivity contribution is 7.70. The predicted molar refractivity (Wildman–Crippen MR) is 144 cm³/mol. The van der Waals surface area contributed by atoms with Crippen molar-refractivity contribution in [3.05, 3.63) is 71.4 Å². The zero-order valence-corrected chi connectivity index (χ0v) is 21.9. The Hall–Kier alpha value is -2.15. The molecule has 5 nitrogen and oxygen atoms in total. The van der Waals surface area contributed by atoms with E-state index < -0.39 is 10.9 Å². The van der Waals surface area contributed by atoms with Crippen LogP contribution in [0.25, 0.3) is 10.9 Å². The first-order valence-electron chi connectivity index (χ1n) is 13.2. The molecule has 0 spiro atoms. The maximum absolute atomic E-state index is 11.6. The first-order chi connectivity index (χ1) is 16.9. The Labute approximate surface area is 211 Å². The number of nitrogens with one attached hydrogen (secondary N) is 2. The van der Waals surface area contributed by atoms with Gasteiger partial charge in [0.25, 0.3) is 0 Å². The van der Waals surface area contributed by atoms with Gasteiger partial charge in [-0.15, -0.1) is 0 Å². The van der Waals surface area contributed by atoms with Crippen molar-refractivity contribution in [1.82, 2.24) is 14.6 Å². The lowest BCUT2D eigenvalue weighted by Gasteiger charge is -2.45. The molecule has 0 aliphatic heterocycles. The number of rotatable bonds is 8. The number of thiol groups is 1. The molecule has 5 rings (SSSR count). The van der Waals surface area contributed by atoms with E-state index in [0.29, 0.717) is 5.92 Å². The maximum Gasteiger partial charge on any atom is 0.201 e. The minimum Gasteiger partial charge on any atom is -0.358 e. The fourth-order valence-electron chi connectivity index (χ4n) is 6.99. The number of benzene rings is 2. The first kappa shape index (κ1) is 24.5. The van der Waals surface area contributed by atoms with Gasteiger partial charge >= 0.3 is 0 Å². The lowest BCUT2D eigenvalue weighted by molar-refractivity contribution is 0.0903. The summed E-state index contributed by atoms with van der Waals surface area (Å²) >= 11 is 0. The summed E-state index contributed by atoms with van der Waals surface area (Å²) in [5.74, 6) is 0.498. The van der Waals surface area contributed by atoms with Crippen LogP contribution in [0.2, 0.25) is 0 Å². The van der Waals surface area contributed by atoms with Crippen LogP contribution in [-0.2, 0) is 22.8 Å². The summed E-state index contributed by atoms with van der Waals surface area (Å²) in [6, 6.07) is 19.6. The second kappa shape index (κ2) is 10.1. The summed E-state index contributed by atoms with van der Waals surface area (Å²) in [5, 5.41) is 1.30. The van der Waals surface area contributed by atoms with E-state index in [-0.39, 0.29) is 11.1 Å². The lowest BCUT2D eigenvalue weighted by Crippen LogP contribution is -2.44. The molecule has 0 amide bonds. The zero-order valence-electron chi connectivity index (χ0n) is 21.1. The van der Waals surface area contributed by atoms with Gasteiger partial charge in [-0.05, 0) is 88.6 Å². The van der Waals surface area contributed by atoms with Crippen molar-refractivity contribution in [2.75, 3.05) is 14.1 Å². The number of aryl methyl sites for hydroxylation is 1. The van der Waals surface area contributed by atoms with Crippen molar-refractivity contribution < 1.29 is 8.42 Å². The van der Waals surface area contributed by atoms with Crippen LogP contribution in [0, 0.1) is 0 Å². The number of hydrogen-bond donors (Lipinski definition) is 3. The van der Waals surface area contributed by atoms with E-state index in [1.165, 1.54) is 27.7 Å². The molecule has 2 fully saturated rings. The molecule has 1 aromatic heterocycles. The van der Waals surface area contributed by atoms with Crippen LogP contribution in [0.15, 0.2) is 54.6 Å². The van der Waals surface area contributed by atoms with Crippen LogP contribution < -0.4 is 4.72 Å². The fourth-order valence-corrected chi connectivity index (χ4v) is 7.72. The van der Waals surface area contributed by atoms with Gasteiger partial charge in [0.05, 0.1) is 0 Å². The van der Waals surface area contributed by atoms with Crippen LogP contribution in [0.1, 0.15) is 80.5 Å². The van der Waals surface area contributed by atoms with E-state index >= 15 is 0 Å². The fraction of sp³-hybridized carbons (Fsp3) is 0.517. The molecule has 3 aromatic rings. The molecule has 0 atom stereocenters. The van der Waals surface area contributed by atoms with E-state index in [2.05, 4.69) is 83.3 Å². The molecule has 1 heterocycles. The Morgan fingerprint density at radius 2 is 1.60 bits per heavy atom. The molecule has 0 bridgehead atoms. The van der Waals surface area contributed by atoms with Crippen molar-refractivity contribution in [3.63, 3.8) is 0 Å². The van der Waals surface area contributed by atoms with E-state index in [1.807, 2.05) is 0 Å². The number of H-pyrrole nitrogens is 1. The van der Waals surface area contributed by atoms with Crippen molar-refractivity contribution in [2.45, 2.75) is 81.2 Å². The number of aromatic nitrogens is 1. The molecule has 2 N–H and O–H groups in total. The van der Waals surface area contributed by atoms with Crippen LogP contribution in [0.3, 0.4) is 0 Å². The molecule has 6 heteroatoms. The van der Waals surface area contributed by atoms with Gasteiger partial charge in [0.2, 0.25) is 10.9 Å². The molecular formula is C29H39N3O2S. The Morgan fingerprint density at radius 1 is 0.943 bits per heavy atom. The molecular weight excluding hydrogens is 454 g/mol. The van der Waals surface area contributed by atoms with E-state index in [9.17, 15) is 8.42 Å². The average molecular weight is 494 g/mol. The Morgan fingerprint density at radius 3 is 2.26 bits per heavy atom. The highest BCUT2D eigenvalue weighted by Gasteiger charge is 2.40. The second-order valence-corrected chi connectivity index (χ2v) is 11.7. The molecule has 2 aliphatic carbocycles. The normalized spacial score (nSPS) is 24.5. The summed E-state index contributed by atoms with van der Waals surface area (Å²) in [7, 11) is 1.85. The minimum atomic E-state index is -2.59. The third-order valence-electron chi connectivity index (χ3n) is 8.98.